The van der Waals surface area contributed by atoms with Crippen LogP contribution in [0.15, 0.2) is 12.1 Å². The van der Waals surface area contributed by atoms with Crippen LogP contribution in [-0.2, 0) is 0 Å². The highest BCUT2D eigenvalue weighted by molar-refractivity contribution is 5.23. The van der Waals surface area contributed by atoms with Gasteiger partial charge >= 0.3 is 0 Å². The third-order valence-electron chi connectivity index (χ3n) is 0.960. The molecule has 0 amide bonds. The Hall–Kier alpha value is -1.19. The van der Waals surface area contributed by atoms with Gasteiger partial charge in [0.2, 0.25) is 0 Å². The molecule has 0 saturated carbocycles. The van der Waals surface area contributed by atoms with Gasteiger partial charge in [0.25, 0.3) is 0 Å². The number of halogens is 3. The molecule has 1 rings (SSSR count). The Bertz CT molecular complexity index is 236. The quantitative estimate of drug-likeness (QED) is 0.505. The van der Waals surface area contributed by atoms with Gasteiger partial charge in [0.05, 0.1) is 0 Å². The molecule has 0 bridgehead atoms. The van der Waals surface area contributed by atoms with E-state index < -0.39 is 23.2 Å². The predicted molar refractivity (Wildman–Crippen MR) is 25.8 cm³/mol. The van der Waals surface area contributed by atoms with E-state index in [1.54, 1.807) is 0 Å². The molecule has 0 atom stereocenters. The standard InChI is InChI=1S/C6H3F3O/c7-3-1-4(8)6(9)5(10)2-3/h1-2,10H/p-1. The second kappa shape index (κ2) is 2.21. The molecule has 0 aliphatic heterocycles. The lowest BCUT2D eigenvalue weighted by atomic mass is 10.3. The fourth-order valence-corrected chi connectivity index (χ4v) is 0.532. The monoisotopic (exact) mass is 147 g/mol. The van der Waals surface area contributed by atoms with Crippen molar-refractivity contribution in [3.8, 4) is 5.75 Å². The minimum atomic E-state index is -1.54. The lowest BCUT2D eigenvalue weighted by Gasteiger charge is -2.05. The van der Waals surface area contributed by atoms with Gasteiger partial charge < -0.3 is 5.11 Å². The van der Waals surface area contributed by atoms with Gasteiger partial charge in [0.15, 0.2) is 11.6 Å². The Labute approximate surface area is 54.7 Å². The van der Waals surface area contributed by atoms with E-state index in [2.05, 4.69) is 0 Å². The largest absolute Gasteiger partial charge is 0.870 e. The molecular weight excluding hydrogens is 145 g/mol. The van der Waals surface area contributed by atoms with Crippen LogP contribution >= 0.6 is 0 Å². The van der Waals surface area contributed by atoms with Gasteiger partial charge in [0.1, 0.15) is 5.82 Å². The lowest BCUT2D eigenvalue weighted by Crippen LogP contribution is -1.97. The smallest absolute Gasteiger partial charge is 0.161 e. The fourth-order valence-electron chi connectivity index (χ4n) is 0.532. The van der Waals surface area contributed by atoms with Crippen molar-refractivity contribution in [1.29, 1.82) is 0 Å². The molecule has 1 aromatic rings. The van der Waals surface area contributed by atoms with Gasteiger partial charge in [-0.2, -0.15) is 0 Å². The highest BCUT2D eigenvalue weighted by Crippen LogP contribution is 2.16. The molecule has 0 aliphatic carbocycles. The van der Waals surface area contributed by atoms with Gasteiger partial charge in [-0.3, -0.25) is 0 Å². The van der Waals surface area contributed by atoms with E-state index in [-0.39, 0.29) is 0 Å². The zero-order valence-electron chi connectivity index (χ0n) is 4.70. The van der Waals surface area contributed by atoms with Gasteiger partial charge in [-0.05, 0) is 6.07 Å². The summed E-state index contributed by atoms with van der Waals surface area (Å²) >= 11 is 0. The van der Waals surface area contributed by atoms with E-state index in [1.165, 1.54) is 0 Å². The molecule has 0 spiro atoms. The zero-order valence-corrected chi connectivity index (χ0v) is 4.70. The first-order valence-electron chi connectivity index (χ1n) is 2.43. The number of benzene rings is 1. The topological polar surface area (TPSA) is 23.1 Å². The van der Waals surface area contributed by atoms with Crippen molar-refractivity contribution in [2.24, 2.45) is 0 Å². The minimum absolute atomic E-state index is 0.316. The maximum absolute atomic E-state index is 12.1. The van der Waals surface area contributed by atoms with Gasteiger partial charge in [-0.1, -0.05) is 5.75 Å². The summed E-state index contributed by atoms with van der Waals surface area (Å²) in [7, 11) is 0. The molecule has 10 heavy (non-hydrogen) atoms. The van der Waals surface area contributed by atoms with Gasteiger partial charge in [-0.15, -0.1) is 0 Å². The van der Waals surface area contributed by atoms with Crippen molar-refractivity contribution in [1.82, 2.24) is 0 Å². The van der Waals surface area contributed by atoms with Crippen LogP contribution in [0, 0.1) is 17.5 Å². The van der Waals surface area contributed by atoms with Crippen LogP contribution in [0.4, 0.5) is 13.2 Å². The number of rotatable bonds is 0. The van der Waals surface area contributed by atoms with Gasteiger partial charge in [0, 0.05) is 6.07 Å². The Morgan fingerprint density at radius 2 is 1.70 bits per heavy atom. The van der Waals surface area contributed by atoms with Crippen LogP contribution < -0.4 is 5.11 Å². The van der Waals surface area contributed by atoms with E-state index in [9.17, 15) is 18.3 Å². The summed E-state index contributed by atoms with van der Waals surface area (Å²) in [4.78, 5) is 0. The van der Waals surface area contributed by atoms with Crippen LogP contribution in [0.5, 0.6) is 5.75 Å². The molecule has 0 saturated heterocycles. The first-order chi connectivity index (χ1) is 4.61. The van der Waals surface area contributed by atoms with Crippen molar-refractivity contribution >= 4 is 0 Å². The average molecular weight is 147 g/mol. The van der Waals surface area contributed by atoms with Crippen LogP contribution in [0.2, 0.25) is 0 Å². The maximum atomic E-state index is 12.1. The van der Waals surface area contributed by atoms with Crippen molar-refractivity contribution < 1.29 is 18.3 Å². The molecule has 0 heterocycles. The molecule has 4 heteroatoms. The molecule has 1 aromatic carbocycles. The molecule has 0 unspecified atom stereocenters. The first-order valence-corrected chi connectivity index (χ1v) is 2.43. The molecule has 0 fully saturated rings. The van der Waals surface area contributed by atoms with Crippen LogP contribution in [-0.4, -0.2) is 0 Å². The third-order valence-corrected chi connectivity index (χ3v) is 0.960. The lowest BCUT2D eigenvalue weighted by molar-refractivity contribution is -0.273. The highest BCUT2D eigenvalue weighted by Gasteiger charge is 2.02. The molecule has 0 N–H and O–H groups in total. The van der Waals surface area contributed by atoms with Crippen molar-refractivity contribution in [2.45, 2.75) is 0 Å². The second-order valence-corrected chi connectivity index (χ2v) is 1.70. The van der Waals surface area contributed by atoms with E-state index in [0.717, 1.165) is 0 Å². The van der Waals surface area contributed by atoms with Crippen molar-refractivity contribution in [3.05, 3.63) is 29.6 Å². The summed E-state index contributed by atoms with van der Waals surface area (Å²) in [5.74, 6) is -5.33. The third kappa shape index (κ3) is 1.05. The van der Waals surface area contributed by atoms with Crippen LogP contribution in [0.1, 0.15) is 0 Å². The molecule has 54 valence electrons. The average Bonchev–Trinajstić information content (AvgIpc) is 1.82. The predicted octanol–water partition coefficient (Wildman–Crippen LogP) is 1.18. The Morgan fingerprint density at radius 3 is 2.20 bits per heavy atom. The summed E-state index contributed by atoms with van der Waals surface area (Å²) in [6, 6.07) is 0.704. The van der Waals surface area contributed by atoms with E-state index >= 15 is 0 Å². The van der Waals surface area contributed by atoms with Crippen LogP contribution in [0.3, 0.4) is 0 Å². The molecule has 0 aromatic heterocycles. The summed E-state index contributed by atoms with van der Waals surface area (Å²) in [5.41, 5.74) is 0. The summed E-state index contributed by atoms with van der Waals surface area (Å²) in [6.07, 6.45) is 0. The van der Waals surface area contributed by atoms with E-state index in [1.807, 2.05) is 0 Å². The van der Waals surface area contributed by atoms with Crippen molar-refractivity contribution in [3.63, 3.8) is 0 Å². The Kier molecular flexibility index (Phi) is 1.53. The Morgan fingerprint density at radius 1 is 1.10 bits per heavy atom. The summed E-state index contributed by atoms with van der Waals surface area (Å²) in [6.45, 7) is 0. The number of hydrogen-bond donors (Lipinski definition) is 0. The zero-order chi connectivity index (χ0) is 7.72. The normalized spacial score (nSPS) is 9.90. The number of hydrogen-bond acceptors (Lipinski definition) is 1. The second-order valence-electron chi connectivity index (χ2n) is 1.70. The fraction of sp³-hybridized carbons (Fsp3) is 0. The van der Waals surface area contributed by atoms with Crippen molar-refractivity contribution in [2.75, 3.05) is 0 Å². The Balaban J connectivity index is 3.31. The first kappa shape index (κ1) is 6.92. The summed E-state index contributed by atoms with van der Waals surface area (Å²) < 4.78 is 36.1. The van der Waals surface area contributed by atoms with Gasteiger partial charge in [-0.25, -0.2) is 13.2 Å². The molecule has 1 nitrogen and oxygen atoms in total. The van der Waals surface area contributed by atoms with E-state index in [0.29, 0.717) is 12.1 Å². The van der Waals surface area contributed by atoms with E-state index in [4.69, 9.17) is 0 Å². The molecule has 0 radical (unpaired) electrons. The van der Waals surface area contributed by atoms with Crippen LogP contribution in [0.25, 0.3) is 0 Å². The summed E-state index contributed by atoms with van der Waals surface area (Å²) in [5, 5.41) is 10.2. The molecule has 0 aliphatic rings. The maximum Gasteiger partial charge on any atom is 0.161 e. The SMILES string of the molecule is [O-]c1cc(F)cc(F)c1F. The minimum Gasteiger partial charge on any atom is -0.870 e. The molecular formula is C6H2F3O-. The highest BCUT2D eigenvalue weighted by atomic mass is 19.2.